The number of carbonyl (C=O) groups excluding carboxylic acids is 1. The first-order valence-corrected chi connectivity index (χ1v) is 11.0. The Morgan fingerprint density at radius 1 is 1.21 bits per heavy atom. The number of aryl methyl sites for hydroxylation is 2. The average molecular weight is 467 g/mol. The van der Waals surface area contributed by atoms with Gasteiger partial charge in [0.2, 0.25) is 10.0 Å². The fourth-order valence-electron chi connectivity index (χ4n) is 3.47. The summed E-state index contributed by atoms with van der Waals surface area (Å²) in [5.74, 6) is 1.04. The molecule has 1 aliphatic heterocycles. The van der Waals surface area contributed by atoms with E-state index >= 15 is 0 Å². The van der Waals surface area contributed by atoms with Crippen molar-refractivity contribution in [3.8, 4) is 0 Å². The van der Waals surface area contributed by atoms with E-state index in [2.05, 4.69) is 25.9 Å². The topological polar surface area (TPSA) is 99.5 Å². The minimum Gasteiger partial charge on any atom is -0.465 e. The van der Waals surface area contributed by atoms with Gasteiger partial charge in [0.1, 0.15) is 22.1 Å². The molecule has 4 heterocycles. The maximum Gasteiger partial charge on any atom is 0.258 e. The number of aromatic nitrogens is 2. The summed E-state index contributed by atoms with van der Waals surface area (Å²) in [5.41, 5.74) is 1.03. The van der Waals surface area contributed by atoms with Gasteiger partial charge in [0.25, 0.3) is 5.91 Å². The second kappa shape index (κ2) is 7.02. The lowest BCUT2D eigenvalue weighted by Crippen LogP contribution is -2.50. The largest absolute Gasteiger partial charge is 0.465 e. The van der Waals surface area contributed by atoms with Gasteiger partial charge in [-0.2, -0.15) is 4.31 Å². The van der Waals surface area contributed by atoms with Crippen LogP contribution in [0.15, 0.2) is 38.3 Å². The van der Waals surface area contributed by atoms with Crippen LogP contribution in [0.5, 0.6) is 0 Å². The number of halogens is 1. The van der Waals surface area contributed by atoms with E-state index in [9.17, 15) is 13.2 Å². The predicted octanol–water partition coefficient (Wildman–Crippen LogP) is 2.68. The third-order valence-corrected chi connectivity index (χ3v) is 7.85. The van der Waals surface area contributed by atoms with E-state index in [0.717, 1.165) is 0 Å². The summed E-state index contributed by atoms with van der Waals surface area (Å²) < 4.78 is 33.7. The summed E-state index contributed by atoms with van der Waals surface area (Å²) in [6.45, 7) is 4.62. The van der Waals surface area contributed by atoms with Crippen LogP contribution < -0.4 is 0 Å². The van der Waals surface area contributed by atoms with Crippen molar-refractivity contribution in [2.24, 2.45) is 0 Å². The van der Waals surface area contributed by atoms with Crippen molar-refractivity contribution in [1.29, 1.82) is 0 Å². The second-order valence-corrected chi connectivity index (χ2v) is 9.35. The number of nitrogens with one attached hydrogen (secondary N) is 1. The lowest BCUT2D eigenvalue weighted by Gasteiger charge is -2.33. The first-order chi connectivity index (χ1) is 13.3. The molecule has 8 nitrogen and oxygen atoms in total. The fourth-order valence-corrected chi connectivity index (χ4v) is 5.58. The number of pyridine rings is 1. The van der Waals surface area contributed by atoms with Crippen LogP contribution in [0.1, 0.15) is 21.9 Å². The molecule has 148 valence electrons. The Morgan fingerprint density at radius 2 is 1.93 bits per heavy atom. The first kappa shape index (κ1) is 19.2. The number of sulfonamides is 1. The molecule has 3 aromatic rings. The van der Waals surface area contributed by atoms with E-state index in [4.69, 9.17) is 4.42 Å². The molecule has 1 aliphatic rings. The van der Waals surface area contributed by atoms with Crippen LogP contribution >= 0.6 is 15.9 Å². The highest BCUT2D eigenvalue weighted by Gasteiger charge is 2.33. The molecule has 28 heavy (non-hydrogen) atoms. The van der Waals surface area contributed by atoms with Gasteiger partial charge in [-0.3, -0.25) is 4.79 Å². The Kier molecular flexibility index (Phi) is 4.80. The summed E-state index contributed by atoms with van der Waals surface area (Å²) >= 11 is 3.40. The van der Waals surface area contributed by atoms with Crippen LogP contribution in [-0.4, -0.2) is 59.7 Å². The molecule has 1 amide bonds. The Morgan fingerprint density at radius 3 is 2.57 bits per heavy atom. The molecule has 1 saturated heterocycles. The minimum absolute atomic E-state index is 0.158. The third kappa shape index (κ3) is 3.05. The molecule has 0 aromatic carbocycles. The molecule has 10 heteroatoms. The lowest BCUT2D eigenvalue weighted by molar-refractivity contribution is 0.0695. The highest BCUT2D eigenvalue weighted by atomic mass is 79.9. The molecular weight excluding hydrogens is 448 g/mol. The van der Waals surface area contributed by atoms with Crippen LogP contribution in [0, 0.1) is 13.8 Å². The van der Waals surface area contributed by atoms with Gasteiger partial charge in [-0.25, -0.2) is 13.4 Å². The number of rotatable bonds is 3. The predicted molar refractivity (Wildman–Crippen MR) is 107 cm³/mol. The van der Waals surface area contributed by atoms with Crippen LogP contribution in [0.25, 0.3) is 11.0 Å². The van der Waals surface area contributed by atoms with Crippen molar-refractivity contribution < 1.29 is 17.6 Å². The van der Waals surface area contributed by atoms with E-state index < -0.39 is 10.0 Å². The number of piperazine rings is 1. The van der Waals surface area contributed by atoms with E-state index in [1.165, 1.54) is 10.5 Å². The third-order valence-electron chi connectivity index (χ3n) is 4.96. The highest BCUT2D eigenvalue weighted by molar-refractivity contribution is 9.10. The number of hydrogen-bond donors (Lipinski definition) is 1. The molecule has 1 fully saturated rings. The van der Waals surface area contributed by atoms with Crippen LogP contribution in [-0.2, 0) is 10.0 Å². The normalized spacial score (nSPS) is 16.0. The van der Waals surface area contributed by atoms with Crippen molar-refractivity contribution in [2.75, 3.05) is 26.2 Å². The van der Waals surface area contributed by atoms with Gasteiger partial charge in [-0.05, 0) is 41.9 Å². The molecule has 4 rings (SSSR count). The number of nitrogens with zero attached hydrogens (tertiary/aromatic N) is 3. The molecule has 3 aromatic heterocycles. The van der Waals surface area contributed by atoms with Crippen molar-refractivity contribution in [2.45, 2.75) is 18.7 Å². The SMILES string of the molecule is Cc1oc(C)c(C(=O)N2CCN(S(=O)(=O)c3c[nH]c4ncccc34)CC2)c1Br. The van der Waals surface area contributed by atoms with Crippen molar-refractivity contribution >= 4 is 42.9 Å². The Bertz CT molecular complexity index is 1160. The van der Waals surface area contributed by atoms with Crippen LogP contribution in [0.4, 0.5) is 0 Å². The second-order valence-electron chi connectivity index (χ2n) is 6.65. The first-order valence-electron chi connectivity index (χ1n) is 8.77. The Labute approximate surface area is 170 Å². The maximum atomic E-state index is 13.1. The van der Waals surface area contributed by atoms with E-state index in [0.29, 0.717) is 45.7 Å². The molecule has 1 N–H and O–H groups in total. The van der Waals surface area contributed by atoms with Gasteiger partial charge in [0, 0.05) is 44.0 Å². The van der Waals surface area contributed by atoms with E-state index in [1.54, 1.807) is 37.1 Å². The molecule has 0 bridgehead atoms. The van der Waals surface area contributed by atoms with Crippen molar-refractivity contribution in [3.63, 3.8) is 0 Å². The van der Waals surface area contributed by atoms with Crippen LogP contribution in [0.3, 0.4) is 0 Å². The fraction of sp³-hybridized carbons (Fsp3) is 0.333. The zero-order valence-corrected chi connectivity index (χ0v) is 17.8. The minimum atomic E-state index is -3.67. The Hall–Kier alpha value is -2.17. The highest BCUT2D eigenvalue weighted by Crippen LogP contribution is 2.30. The van der Waals surface area contributed by atoms with Gasteiger partial charge < -0.3 is 14.3 Å². The quantitative estimate of drug-likeness (QED) is 0.639. The number of hydrogen-bond acceptors (Lipinski definition) is 5. The number of fused-ring (bicyclic) bond motifs is 1. The van der Waals surface area contributed by atoms with Crippen molar-refractivity contribution in [1.82, 2.24) is 19.2 Å². The molecule has 0 saturated carbocycles. The van der Waals surface area contributed by atoms with Gasteiger partial charge in [-0.1, -0.05) is 0 Å². The van der Waals surface area contributed by atoms with Gasteiger partial charge >= 0.3 is 0 Å². The van der Waals surface area contributed by atoms with Crippen LogP contribution in [0.2, 0.25) is 0 Å². The number of aromatic amines is 1. The summed E-state index contributed by atoms with van der Waals surface area (Å²) in [6.07, 6.45) is 3.08. The molecule has 0 unspecified atom stereocenters. The number of carbonyl (C=O) groups is 1. The molecule has 0 aliphatic carbocycles. The van der Waals surface area contributed by atoms with E-state index in [-0.39, 0.29) is 23.9 Å². The van der Waals surface area contributed by atoms with Gasteiger partial charge in [0.05, 0.1) is 10.0 Å². The summed E-state index contributed by atoms with van der Waals surface area (Å²) in [5, 5.41) is 0.564. The molecule has 0 atom stereocenters. The summed E-state index contributed by atoms with van der Waals surface area (Å²) in [7, 11) is -3.67. The smallest absolute Gasteiger partial charge is 0.258 e. The zero-order chi connectivity index (χ0) is 20.1. The standard InChI is InChI=1S/C18H19BrN4O4S/c1-11-15(16(19)12(2)27-11)18(24)22-6-8-23(9-7-22)28(25,26)14-10-21-17-13(14)4-3-5-20-17/h3-5,10H,6-9H2,1-2H3,(H,20,21). The molecular formula is C18H19BrN4O4S. The maximum absolute atomic E-state index is 13.1. The summed E-state index contributed by atoms with van der Waals surface area (Å²) in [6, 6.07) is 3.44. The molecule has 0 spiro atoms. The monoisotopic (exact) mass is 466 g/mol. The number of amides is 1. The number of H-pyrrole nitrogens is 1. The van der Waals surface area contributed by atoms with Gasteiger partial charge in [0.15, 0.2) is 0 Å². The zero-order valence-electron chi connectivity index (χ0n) is 15.4. The molecule has 0 radical (unpaired) electrons. The lowest BCUT2D eigenvalue weighted by atomic mass is 10.2. The average Bonchev–Trinajstić information content (AvgIpc) is 3.22. The summed E-state index contributed by atoms with van der Waals surface area (Å²) in [4.78, 5) is 21.8. The van der Waals surface area contributed by atoms with Gasteiger partial charge in [-0.15, -0.1) is 0 Å². The van der Waals surface area contributed by atoms with E-state index in [1.807, 2.05) is 0 Å². The van der Waals surface area contributed by atoms with Crippen molar-refractivity contribution in [3.05, 3.63) is 46.1 Å². The number of furan rings is 1. The Balaban J connectivity index is 1.53.